The number of aromatic nitrogens is 5. The number of carbonyl (C=O) groups excluding carboxylic acids is 1. The van der Waals surface area contributed by atoms with Gasteiger partial charge in [-0.2, -0.15) is 5.10 Å². The molecule has 10 nitrogen and oxygen atoms in total. The highest BCUT2D eigenvalue weighted by Crippen LogP contribution is 2.33. The quantitative estimate of drug-likeness (QED) is 0.218. The third kappa shape index (κ3) is 5.86. The van der Waals surface area contributed by atoms with E-state index in [9.17, 15) is 14.0 Å². The summed E-state index contributed by atoms with van der Waals surface area (Å²) in [6.07, 6.45) is 4.48. The molecule has 216 valence electrons. The molecule has 14 heteroatoms. The van der Waals surface area contributed by atoms with Gasteiger partial charge in [0, 0.05) is 49.9 Å². The molecule has 0 radical (unpaired) electrons. The van der Waals surface area contributed by atoms with Crippen LogP contribution >= 0.6 is 35.1 Å². The maximum Gasteiger partial charge on any atom is 0.281 e. The molecule has 4 heterocycles. The van der Waals surface area contributed by atoms with Crippen molar-refractivity contribution < 1.29 is 9.18 Å². The topological polar surface area (TPSA) is 110 Å². The van der Waals surface area contributed by atoms with Gasteiger partial charge in [-0.25, -0.2) is 14.4 Å². The van der Waals surface area contributed by atoms with Crippen molar-refractivity contribution in [3.63, 3.8) is 0 Å². The number of hydrogen-bond donors (Lipinski definition) is 2. The highest BCUT2D eigenvalue weighted by Gasteiger charge is 2.28. The number of pyridine rings is 1. The molecule has 5 rings (SSSR count). The number of nitrogens with one attached hydrogen (secondary N) is 2. The Morgan fingerprint density at radius 2 is 1.90 bits per heavy atom. The van der Waals surface area contributed by atoms with Crippen LogP contribution in [0.25, 0.3) is 10.9 Å². The van der Waals surface area contributed by atoms with Gasteiger partial charge in [-0.3, -0.25) is 23.6 Å². The summed E-state index contributed by atoms with van der Waals surface area (Å²) in [4.78, 5) is 37.4. The fourth-order valence-corrected chi connectivity index (χ4v) is 5.91. The molecule has 4 aromatic rings. The van der Waals surface area contributed by atoms with E-state index < -0.39 is 11.9 Å². The van der Waals surface area contributed by atoms with Crippen LogP contribution < -0.4 is 20.5 Å². The minimum absolute atomic E-state index is 0.00554. The molecule has 1 saturated heterocycles. The van der Waals surface area contributed by atoms with Gasteiger partial charge in [0.05, 0.1) is 28.8 Å². The number of carbonyl (C=O) groups is 1. The summed E-state index contributed by atoms with van der Waals surface area (Å²) < 4.78 is 20.0. The molecule has 0 aliphatic carbocycles. The molecule has 41 heavy (non-hydrogen) atoms. The van der Waals surface area contributed by atoms with Gasteiger partial charge in [0.1, 0.15) is 10.8 Å². The summed E-state index contributed by atoms with van der Waals surface area (Å²) in [6.45, 7) is 3.07. The number of hydrogen-bond acceptors (Lipinski definition) is 8. The van der Waals surface area contributed by atoms with E-state index in [-0.39, 0.29) is 28.1 Å². The van der Waals surface area contributed by atoms with Crippen molar-refractivity contribution >= 4 is 63.6 Å². The maximum absolute atomic E-state index is 14.3. The van der Waals surface area contributed by atoms with Crippen LogP contribution in [0, 0.1) is 5.82 Å². The van der Waals surface area contributed by atoms with E-state index in [1.165, 1.54) is 15.4 Å². The first-order valence-corrected chi connectivity index (χ1v) is 15.0. The highest BCUT2D eigenvalue weighted by atomic mass is 35.5. The van der Waals surface area contributed by atoms with Crippen molar-refractivity contribution in [1.82, 2.24) is 29.0 Å². The van der Waals surface area contributed by atoms with Crippen LogP contribution in [-0.4, -0.2) is 49.6 Å². The summed E-state index contributed by atoms with van der Waals surface area (Å²) in [6, 6.07) is 6.24. The normalized spacial score (nSPS) is 14.9. The van der Waals surface area contributed by atoms with Crippen LogP contribution in [0.1, 0.15) is 53.5 Å². The molecule has 1 atom stereocenters. The lowest BCUT2D eigenvalue weighted by Gasteiger charge is -2.33. The molecule has 0 saturated carbocycles. The van der Waals surface area contributed by atoms with Crippen LogP contribution in [0.3, 0.4) is 0 Å². The Bertz CT molecular complexity index is 1690. The lowest BCUT2D eigenvalue weighted by molar-refractivity contribution is 0.0980. The number of nitrogens with zero attached hydrogens (tertiary/aromatic N) is 6. The van der Waals surface area contributed by atoms with E-state index in [0.29, 0.717) is 64.7 Å². The van der Waals surface area contributed by atoms with Crippen molar-refractivity contribution in [2.45, 2.75) is 31.7 Å². The molecule has 1 unspecified atom stereocenters. The number of piperidine rings is 1. The molecule has 0 spiro atoms. The molecule has 1 aliphatic rings. The van der Waals surface area contributed by atoms with Crippen molar-refractivity contribution in [2.75, 3.05) is 29.6 Å². The fourth-order valence-electron chi connectivity index (χ4n) is 5.25. The Balaban J connectivity index is 1.49. The Kier molecular flexibility index (Phi) is 8.44. The number of benzene rings is 1. The molecule has 1 amide bonds. The molecule has 3 aromatic heterocycles. The number of fused-ring (bicyclic) bond motifs is 1. The second-order valence-electron chi connectivity index (χ2n) is 10.00. The van der Waals surface area contributed by atoms with Crippen LogP contribution in [0.4, 0.5) is 16.0 Å². The summed E-state index contributed by atoms with van der Waals surface area (Å²) in [5.41, 5.74) is 2.04. The van der Waals surface area contributed by atoms with Crippen molar-refractivity contribution in [3.8, 4) is 0 Å². The molecule has 0 bridgehead atoms. The molecular weight excluding hydrogens is 590 g/mol. The second-order valence-corrected chi connectivity index (χ2v) is 11.4. The average Bonchev–Trinajstić information content (AvgIpc) is 3.29. The first-order valence-electron chi connectivity index (χ1n) is 13.0. The van der Waals surface area contributed by atoms with Crippen LogP contribution in [-0.2, 0) is 14.1 Å². The first kappa shape index (κ1) is 29.2. The average molecular weight is 620 g/mol. The molecule has 2 N–H and O–H groups in total. The van der Waals surface area contributed by atoms with E-state index in [2.05, 4.69) is 20.1 Å². The van der Waals surface area contributed by atoms with E-state index in [4.69, 9.17) is 28.2 Å². The van der Waals surface area contributed by atoms with E-state index in [1.807, 2.05) is 11.8 Å². The lowest BCUT2D eigenvalue weighted by Crippen LogP contribution is -2.38. The summed E-state index contributed by atoms with van der Waals surface area (Å²) >= 11 is 13.7. The van der Waals surface area contributed by atoms with Gasteiger partial charge in [0.15, 0.2) is 11.5 Å². The van der Waals surface area contributed by atoms with Crippen LogP contribution in [0.2, 0.25) is 10.2 Å². The fraction of sp³-hybridized carbons (Fsp3) is 0.370. The van der Waals surface area contributed by atoms with E-state index in [0.717, 1.165) is 11.9 Å². The maximum atomic E-state index is 14.3. The number of rotatable bonds is 7. The summed E-state index contributed by atoms with van der Waals surface area (Å²) in [5, 5.41) is 8.58. The highest BCUT2D eigenvalue weighted by molar-refractivity contribution is 7.97. The number of amides is 1. The summed E-state index contributed by atoms with van der Waals surface area (Å²) in [7, 11) is 3.40. The van der Waals surface area contributed by atoms with Crippen molar-refractivity contribution in [3.05, 3.63) is 73.8 Å². The number of aryl methyl sites for hydroxylation is 1. The van der Waals surface area contributed by atoms with Crippen LogP contribution in [0.15, 0.2) is 35.3 Å². The monoisotopic (exact) mass is 618 g/mol. The zero-order chi connectivity index (χ0) is 29.4. The SMILES string of the molecule is CSNC(=O)c1nc(Cl)ccc1NC(C)c1cc(Cl)cc2c(=O)n(C)c(N3CCC(c4nn(C)cc4F)CC3)nc12. The van der Waals surface area contributed by atoms with Gasteiger partial charge >= 0.3 is 0 Å². The third-order valence-electron chi connectivity index (χ3n) is 7.24. The largest absolute Gasteiger partial charge is 0.377 e. The smallest absolute Gasteiger partial charge is 0.281 e. The van der Waals surface area contributed by atoms with E-state index in [1.54, 1.807) is 44.6 Å². The van der Waals surface area contributed by atoms with Gasteiger partial charge < -0.3 is 10.2 Å². The van der Waals surface area contributed by atoms with Gasteiger partial charge in [0.25, 0.3) is 11.5 Å². The zero-order valence-corrected chi connectivity index (χ0v) is 25.2. The number of anilines is 2. The predicted octanol–water partition coefficient (Wildman–Crippen LogP) is 5.07. The summed E-state index contributed by atoms with van der Waals surface area (Å²) in [5.74, 6) is -0.176. The Hall–Kier alpha value is -3.35. The van der Waals surface area contributed by atoms with Crippen molar-refractivity contribution in [2.24, 2.45) is 14.1 Å². The minimum Gasteiger partial charge on any atom is -0.377 e. The standard InChI is InChI=1S/C27H29Cl2FN8O2S/c1-14(31-20-5-6-21(29)32-24(20)25(39)35-41-4)17-11-16(28)12-18-23(17)33-27(37(3)26(18)40)38-9-7-15(8-10-38)22-19(30)13-36(2)34-22/h5-6,11-15,31H,7-10H2,1-4H3,(H,35,39). The predicted molar refractivity (Wildman–Crippen MR) is 162 cm³/mol. The van der Waals surface area contributed by atoms with Gasteiger partial charge in [-0.15, -0.1) is 0 Å². The molecule has 1 aliphatic heterocycles. The zero-order valence-electron chi connectivity index (χ0n) is 22.9. The van der Waals surface area contributed by atoms with Gasteiger partial charge in [-0.1, -0.05) is 35.1 Å². The minimum atomic E-state index is -0.412. The van der Waals surface area contributed by atoms with Gasteiger partial charge in [-0.05, 0) is 44.0 Å². The Morgan fingerprint density at radius 1 is 1.17 bits per heavy atom. The molecule has 1 fully saturated rings. The Morgan fingerprint density at radius 3 is 2.56 bits per heavy atom. The lowest BCUT2D eigenvalue weighted by atomic mass is 9.93. The number of halogens is 3. The second kappa shape index (κ2) is 11.9. The van der Waals surface area contributed by atoms with E-state index >= 15 is 0 Å². The molecule has 1 aromatic carbocycles. The Labute approximate surface area is 250 Å². The molecular formula is C27H29Cl2FN8O2S. The third-order valence-corrected chi connectivity index (χ3v) is 8.05. The van der Waals surface area contributed by atoms with Gasteiger partial charge in [0.2, 0.25) is 5.95 Å². The van der Waals surface area contributed by atoms with Crippen molar-refractivity contribution in [1.29, 1.82) is 0 Å². The first-order chi connectivity index (χ1) is 19.6. The van der Waals surface area contributed by atoms with Crippen LogP contribution in [0.5, 0.6) is 0 Å².